The molecule has 0 fully saturated rings. The lowest BCUT2D eigenvalue weighted by Crippen LogP contribution is -2.25. The van der Waals surface area contributed by atoms with E-state index in [-0.39, 0.29) is 5.54 Å². The molecule has 1 aromatic heterocycles. The fourth-order valence-electron chi connectivity index (χ4n) is 0.970. The Morgan fingerprint density at radius 1 is 1.53 bits per heavy atom. The van der Waals surface area contributed by atoms with E-state index in [1.54, 1.807) is 6.92 Å². The molecule has 1 heterocycles. The third-order valence-electron chi connectivity index (χ3n) is 1.97. The van der Waals surface area contributed by atoms with Crippen molar-refractivity contribution in [2.75, 3.05) is 0 Å². The van der Waals surface area contributed by atoms with Crippen LogP contribution in [-0.4, -0.2) is 31.3 Å². The van der Waals surface area contributed by atoms with E-state index in [2.05, 4.69) is 15.4 Å². The zero-order valence-electron chi connectivity index (χ0n) is 9.43. The summed E-state index contributed by atoms with van der Waals surface area (Å²) in [6.07, 6.45) is 0.311. The van der Waals surface area contributed by atoms with Crippen molar-refractivity contribution in [2.45, 2.75) is 39.7 Å². The smallest absolute Gasteiger partial charge is 0.306 e. The molecule has 0 saturated heterocycles. The van der Waals surface area contributed by atoms with Gasteiger partial charge in [0.2, 0.25) is 0 Å². The summed E-state index contributed by atoms with van der Waals surface area (Å²) in [5, 5.41) is 20.6. The van der Waals surface area contributed by atoms with Crippen LogP contribution in [0, 0.1) is 5.92 Å². The minimum Gasteiger partial charge on any atom is -0.481 e. The highest BCUT2D eigenvalue weighted by atomic mass is 16.4. The Labute approximate surface area is 88.3 Å². The van der Waals surface area contributed by atoms with Crippen molar-refractivity contribution < 1.29 is 9.90 Å². The highest BCUT2D eigenvalue weighted by molar-refractivity contribution is 5.69. The van der Waals surface area contributed by atoms with Crippen LogP contribution in [0.15, 0.2) is 0 Å². The van der Waals surface area contributed by atoms with E-state index in [1.165, 1.54) is 4.80 Å². The second kappa shape index (κ2) is 3.96. The Hall–Kier alpha value is -1.46. The molecule has 0 bridgehead atoms. The largest absolute Gasteiger partial charge is 0.481 e. The van der Waals surface area contributed by atoms with E-state index in [1.807, 2.05) is 20.8 Å². The molecule has 0 aliphatic heterocycles. The van der Waals surface area contributed by atoms with E-state index in [4.69, 9.17) is 5.11 Å². The van der Waals surface area contributed by atoms with Crippen molar-refractivity contribution >= 4 is 5.97 Å². The average molecular weight is 212 g/mol. The van der Waals surface area contributed by atoms with Crippen LogP contribution in [0.4, 0.5) is 0 Å². The van der Waals surface area contributed by atoms with E-state index in [0.29, 0.717) is 12.2 Å². The lowest BCUT2D eigenvalue weighted by atomic mass is 10.1. The van der Waals surface area contributed by atoms with Gasteiger partial charge < -0.3 is 5.11 Å². The van der Waals surface area contributed by atoms with Gasteiger partial charge >= 0.3 is 5.97 Å². The fourth-order valence-corrected chi connectivity index (χ4v) is 0.970. The molecule has 6 heteroatoms. The number of carboxylic acid groups (broad SMARTS) is 1. The summed E-state index contributed by atoms with van der Waals surface area (Å²) in [7, 11) is 0. The normalized spacial score (nSPS) is 13.9. The molecule has 84 valence electrons. The second-order valence-electron chi connectivity index (χ2n) is 4.61. The summed E-state index contributed by atoms with van der Waals surface area (Å²) in [5.41, 5.74) is -0.224. The lowest BCUT2D eigenvalue weighted by Gasteiger charge is -2.15. The number of carboxylic acids is 1. The number of hydrogen-bond donors (Lipinski definition) is 1. The van der Waals surface area contributed by atoms with Crippen LogP contribution in [-0.2, 0) is 16.8 Å². The van der Waals surface area contributed by atoms with Crippen LogP contribution < -0.4 is 0 Å². The van der Waals surface area contributed by atoms with Gasteiger partial charge in [-0.25, -0.2) is 0 Å². The Kier molecular flexibility index (Phi) is 3.06. The molecule has 0 saturated carbocycles. The predicted octanol–water partition coefficient (Wildman–Crippen LogP) is 0.691. The molecule has 6 nitrogen and oxygen atoms in total. The summed E-state index contributed by atoms with van der Waals surface area (Å²) in [5.74, 6) is -0.857. The molecule has 0 aliphatic carbocycles. The number of aliphatic carboxylic acids is 1. The van der Waals surface area contributed by atoms with Crippen LogP contribution in [0.25, 0.3) is 0 Å². The second-order valence-corrected chi connectivity index (χ2v) is 4.61. The van der Waals surface area contributed by atoms with Gasteiger partial charge in [-0.3, -0.25) is 4.79 Å². The molecule has 0 aliphatic rings. The Balaban J connectivity index is 2.73. The topological polar surface area (TPSA) is 80.9 Å². The van der Waals surface area contributed by atoms with E-state index in [9.17, 15) is 4.79 Å². The molecule has 0 aromatic carbocycles. The van der Waals surface area contributed by atoms with Gasteiger partial charge in [0.15, 0.2) is 5.82 Å². The maximum Gasteiger partial charge on any atom is 0.306 e. The first-order chi connectivity index (χ1) is 6.80. The first-order valence-electron chi connectivity index (χ1n) is 4.83. The summed E-state index contributed by atoms with van der Waals surface area (Å²) < 4.78 is 0. The van der Waals surface area contributed by atoms with Crippen LogP contribution >= 0.6 is 0 Å². The van der Waals surface area contributed by atoms with E-state index >= 15 is 0 Å². The minimum atomic E-state index is -0.845. The summed E-state index contributed by atoms with van der Waals surface area (Å²) in [6.45, 7) is 7.50. The zero-order valence-corrected chi connectivity index (χ0v) is 9.43. The van der Waals surface area contributed by atoms with Crippen LogP contribution in [0.2, 0.25) is 0 Å². The maximum atomic E-state index is 10.6. The van der Waals surface area contributed by atoms with Crippen molar-refractivity contribution in [3.8, 4) is 0 Å². The monoisotopic (exact) mass is 212 g/mol. The van der Waals surface area contributed by atoms with Crippen LogP contribution in [0.5, 0.6) is 0 Å². The molecule has 1 atom stereocenters. The van der Waals surface area contributed by atoms with Gasteiger partial charge in [0.1, 0.15) is 0 Å². The van der Waals surface area contributed by atoms with Gasteiger partial charge in [-0.05, 0) is 26.0 Å². The highest BCUT2D eigenvalue weighted by Gasteiger charge is 2.19. The molecular formula is C9H16N4O2. The maximum absolute atomic E-state index is 10.6. The number of rotatable bonds is 3. The molecule has 0 radical (unpaired) electrons. The molecule has 1 rings (SSSR count). The van der Waals surface area contributed by atoms with Crippen LogP contribution in [0.3, 0.4) is 0 Å². The molecule has 1 N–H and O–H groups in total. The van der Waals surface area contributed by atoms with Gasteiger partial charge in [-0.15, -0.1) is 10.2 Å². The molecule has 0 spiro atoms. The van der Waals surface area contributed by atoms with Crippen molar-refractivity contribution in [3.05, 3.63) is 5.82 Å². The quantitative estimate of drug-likeness (QED) is 0.797. The predicted molar refractivity (Wildman–Crippen MR) is 53.3 cm³/mol. The lowest BCUT2D eigenvalue weighted by molar-refractivity contribution is -0.141. The van der Waals surface area contributed by atoms with Crippen LogP contribution in [0.1, 0.15) is 33.5 Å². The van der Waals surface area contributed by atoms with Crippen molar-refractivity contribution in [2.24, 2.45) is 5.92 Å². The fraction of sp³-hybridized carbons (Fsp3) is 0.778. The van der Waals surface area contributed by atoms with Gasteiger partial charge in [-0.1, -0.05) is 6.92 Å². The molecule has 1 aromatic rings. The van der Waals surface area contributed by atoms with Gasteiger partial charge in [-0.2, -0.15) is 4.80 Å². The van der Waals surface area contributed by atoms with Gasteiger partial charge in [0.05, 0.1) is 11.5 Å². The summed E-state index contributed by atoms with van der Waals surface area (Å²) >= 11 is 0. The number of aromatic nitrogens is 4. The molecule has 15 heavy (non-hydrogen) atoms. The third-order valence-corrected chi connectivity index (χ3v) is 1.97. The third kappa shape index (κ3) is 3.00. The van der Waals surface area contributed by atoms with Crippen molar-refractivity contribution in [3.63, 3.8) is 0 Å². The number of nitrogens with zero attached hydrogens (tertiary/aromatic N) is 4. The Morgan fingerprint density at radius 3 is 2.53 bits per heavy atom. The van der Waals surface area contributed by atoms with Gasteiger partial charge in [0.25, 0.3) is 0 Å². The SMILES string of the molecule is CC(Cc1nnn(C(C)(C)C)n1)C(=O)O. The summed E-state index contributed by atoms with van der Waals surface area (Å²) in [4.78, 5) is 12.1. The number of tetrazole rings is 1. The molecular weight excluding hydrogens is 196 g/mol. The standard InChI is InChI=1S/C9H16N4O2/c1-6(8(14)15)5-7-10-12-13(11-7)9(2,3)4/h6H,5H2,1-4H3,(H,14,15). The van der Waals surface area contributed by atoms with E-state index < -0.39 is 11.9 Å². The number of hydrogen-bond acceptors (Lipinski definition) is 4. The molecule has 1 unspecified atom stereocenters. The number of carbonyl (C=O) groups is 1. The summed E-state index contributed by atoms with van der Waals surface area (Å²) in [6, 6.07) is 0. The van der Waals surface area contributed by atoms with Crippen molar-refractivity contribution in [1.82, 2.24) is 20.2 Å². The van der Waals surface area contributed by atoms with Crippen molar-refractivity contribution in [1.29, 1.82) is 0 Å². The van der Waals surface area contributed by atoms with Gasteiger partial charge in [0, 0.05) is 6.42 Å². The highest BCUT2D eigenvalue weighted by Crippen LogP contribution is 2.10. The Bertz CT molecular complexity index is 353. The Morgan fingerprint density at radius 2 is 2.13 bits per heavy atom. The first-order valence-corrected chi connectivity index (χ1v) is 4.83. The molecule has 0 amide bonds. The zero-order chi connectivity index (χ0) is 11.6. The minimum absolute atomic E-state index is 0.224. The van der Waals surface area contributed by atoms with E-state index in [0.717, 1.165) is 0 Å². The average Bonchev–Trinajstić information content (AvgIpc) is 2.51. The first kappa shape index (κ1) is 11.6.